The van der Waals surface area contributed by atoms with Crippen LogP contribution in [0.3, 0.4) is 0 Å². The Morgan fingerprint density at radius 2 is 2.15 bits per heavy atom. The van der Waals surface area contributed by atoms with Gasteiger partial charge in [-0.05, 0) is 12.1 Å². The topological polar surface area (TPSA) is 30.2 Å². The van der Waals surface area contributed by atoms with Crippen molar-refractivity contribution in [2.24, 2.45) is 0 Å². The van der Waals surface area contributed by atoms with Gasteiger partial charge in [0.2, 0.25) is 6.33 Å². The minimum atomic E-state index is -4.34. The average molecular weight is 186 g/mol. The lowest BCUT2D eigenvalue weighted by atomic mass is 10.2. The normalized spacial score (nSPS) is 12.2. The smallest absolute Gasteiger partial charge is 0.280 e. The molecule has 0 aliphatic carbocycles. The summed E-state index contributed by atoms with van der Waals surface area (Å²) in [5.74, 6) is 0. The molecule has 0 amide bonds. The van der Waals surface area contributed by atoms with Crippen LogP contribution in [0.25, 0.3) is 5.65 Å². The Labute approximate surface area is 70.8 Å². The molecule has 0 spiro atoms. The van der Waals surface area contributed by atoms with E-state index in [1.54, 1.807) is 0 Å². The van der Waals surface area contributed by atoms with Crippen molar-refractivity contribution in [1.82, 2.24) is 14.6 Å². The van der Waals surface area contributed by atoms with Crippen LogP contribution in [-0.2, 0) is 6.18 Å². The van der Waals surface area contributed by atoms with E-state index in [1.165, 1.54) is 10.6 Å². The van der Waals surface area contributed by atoms with Gasteiger partial charge < -0.3 is 0 Å². The summed E-state index contributed by atoms with van der Waals surface area (Å²) >= 11 is 0. The maximum atomic E-state index is 12.2. The van der Waals surface area contributed by atoms with Crippen molar-refractivity contribution in [3.63, 3.8) is 0 Å². The second kappa shape index (κ2) is 2.45. The Kier molecular flexibility index (Phi) is 1.51. The van der Waals surface area contributed by atoms with Crippen molar-refractivity contribution >= 4 is 5.65 Å². The van der Waals surface area contributed by atoms with Gasteiger partial charge in [-0.2, -0.15) is 13.2 Å². The highest BCUT2D eigenvalue weighted by Gasteiger charge is 2.30. The molecule has 0 unspecified atom stereocenters. The van der Waals surface area contributed by atoms with Gasteiger partial charge in [-0.1, -0.05) is 0 Å². The number of rotatable bonds is 0. The molecule has 6 heteroatoms. The van der Waals surface area contributed by atoms with Crippen LogP contribution in [0.1, 0.15) is 5.56 Å². The molecule has 0 aliphatic heterocycles. The van der Waals surface area contributed by atoms with Crippen molar-refractivity contribution in [1.29, 1.82) is 0 Å². The zero-order valence-corrected chi connectivity index (χ0v) is 6.21. The van der Waals surface area contributed by atoms with Crippen molar-refractivity contribution in [3.8, 4) is 0 Å². The van der Waals surface area contributed by atoms with Crippen LogP contribution in [0, 0.1) is 6.33 Å². The molecule has 0 atom stereocenters. The Morgan fingerprint density at radius 1 is 1.38 bits per heavy atom. The predicted molar refractivity (Wildman–Crippen MR) is 36.8 cm³/mol. The third-order valence-electron chi connectivity index (χ3n) is 1.57. The fraction of sp³-hybridized carbons (Fsp3) is 0.143. The SMILES string of the molecule is FC(F)(F)c1ccn2[c]nnc2c1. The third kappa shape index (κ3) is 1.34. The van der Waals surface area contributed by atoms with Crippen LogP contribution in [-0.4, -0.2) is 14.6 Å². The van der Waals surface area contributed by atoms with Crippen LogP contribution in [0.5, 0.6) is 0 Å². The molecule has 2 aromatic rings. The highest BCUT2D eigenvalue weighted by atomic mass is 19.4. The maximum Gasteiger partial charge on any atom is 0.416 e. The van der Waals surface area contributed by atoms with Gasteiger partial charge >= 0.3 is 6.18 Å². The molecule has 1 radical (unpaired) electrons. The lowest BCUT2D eigenvalue weighted by Gasteiger charge is -2.05. The average Bonchev–Trinajstić information content (AvgIpc) is 2.47. The van der Waals surface area contributed by atoms with E-state index in [1.807, 2.05) is 0 Å². The van der Waals surface area contributed by atoms with Crippen LogP contribution >= 0.6 is 0 Å². The second-order valence-electron chi connectivity index (χ2n) is 2.44. The summed E-state index contributed by atoms with van der Waals surface area (Å²) < 4.78 is 37.8. The Bertz CT molecular complexity index is 432. The first-order chi connectivity index (χ1) is 6.07. The van der Waals surface area contributed by atoms with E-state index < -0.39 is 11.7 Å². The fourth-order valence-corrected chi connectivity index (χ4v) is 0.948. The molecular weight excluding hydrogens is 183 g/mol. The largest absolute Gasteiger partial charge is 0.416 e. The molecule has 13 heavy (non-hydrogen) atoms. The molecule has 3 nitrogen and oxygen atoms in total. The van der Waals surface area contributed by atoms with Crippen molar-refractivity contribution < 1.29 is 13.2 Å². The van der Waals surface area contributed by atoms with E-state index in [4.69, 9.17) is 0 Å². The fourth-order valence-electron chi connectivity index (χ4n) is 0.948. The molecule has 2 heterocycles. The summed E-state index contributed by atoms with van der Waals surface area (Å²) in [6.07, 6.45) is -0.733. The number of halogens is 3. The summed E-state index contributed by atoms with van der Waals surface area (Å²) in [6, 6.07) is 1.87. The van der Waals surface area contributed by atoms with Crippen LogP contribution in [0.4, 0.5) is 13.2 Å². The number of pyridine rings is 1. The lowest BCUT2D eigenvalue weighted by molar-refractivity contribution is -0.137. The maximum absolute atomic E-state index is 12.2. The van der Waals surface area contributed by atoms with Crippen molar-refractivity contribution in [2.75, 3.05) is 0 Å². The van der Waals surface area contributed by atoms with Crippen molar-refractivity contribution in [3.05, 3.63) is 30.2 Å². The summed E-state index contributed by atoms with van der Waals surface area (Å²) in [5, 5.41) is 6.80. The molecule has 0 aliphatic rings. The standard InChI is InChI=1S/C7H3F3N3/c8-7(9,10)5-1-2-13-4-11-12-6(13)3-5/h1-3H. The van der Waals surface area contributed by atoms with Gasteiger partial charge in [0.25, 0.3) is 0 Å². The Balaban J connectivity index is 2.61. The number of alkyl halides is 3. The van der Waals surface area contributed by atoms with Gasteiger partial charge in [0, 0.05) is 6.20 Å². The van der Waals surface area contributed by atoms with E-state index in [0.717, 1.165) is 12.1 Å². The molecule has 0 saturated carbocycles. The highest BCUT2D eigenvalue weighted by Crippen LogP contribution is 2.29. The van der Waals surface area contributed by atoms with Gasteiger partial charge in [-0.25, -0.2) is 0 Å². The van der Waals surface area contributed by atoms with E-state index in [2.05, 4.69) is 16.5 Å². The number of aromatic nitrogens is 3. The molecular formula is C7H3F3N3. The zero-order valence-electron chi connectivity index (χ0n) is 6.21. The molecule has 0 aromatic carbocycles. The van der Waals surface area contributed by atoms with Crippen LogP contribution < -0.4 is 0 Å². The van der Waals surface area contributed by atoms with Crippen molar-refractivity contribution in [2.45, 2.75) is 6.18 Å². The number of nitrogens with zero attached hydrogens (tertiary/aromatic N) is 3. The molecule has 0 N–H and O–H groups in total. The first-order valence-corrected chi connectivity index (χ1v) is 3.37. The van der Waals surface area contributed by atoms with Crippen LogP contribution in [0.2, 0.25) is 0 Å². The molecule has 2 rings (SSSR count). The Hall–Kier alpha value is -1.59. The minimum Gasteiger partial charge on any atom is -0.280 e. The van der Waals surface area contributed by atoms with Crippen LogP contribution in [0.15, 0.2) is 18.3 Å². The van der Waals surface area contributed by atoms with E-state index in [-0.39, 0.29) is 5.65 Å². The number of fused-ring (bicyclic) bond motifs is 1. The first kappa shape index (κ1) is 8.03. The molecule has 0 saturated heterocycles. The predicted octanol–water partition coefficient (Wildman–Crippen LogP) is 1.55. The highest BCUT2D eigenvalue weighted by molar-refractivity contribution is 5.40. The first-order valence-electron chi connectivity index (χ1n) is 3.37. The third-order valence-corrected chi connectivity index (χ3v) is 1.57. The molecule has 0 fully saturated rings. The van der Waals surface area contributed by atoms with Gasteiger partial charge in [0.05, 0.1) is 5.56 Å². The minimum absolute atomic E-state index is 0.134. The van der Waals surface area contributed by atoms with Gasteiger partial charge in [0.15, 0.2) is 5.65 Å². The summed E-state index contributed by atoms with van der Waals surface area (Å²) in [5.41, 5.74) is -0.601. The van der Waals surface area contributed by atoms with Gasteiger partial charge in [0.1, 0.15) is 0 Å². The zero-order chi connectivity index (χ0) is 9.47. The monoisotopic (exact) mass is 186 g/mol. The second-order valence-corrected chi connectivity index (χ2v) is 2.44. The van der Waals surface area contributed by atoms with Gasteiger partial charge in [-0.15, -0.1) is 10.2 Å². The van der Waals surface area contributed by atoms with E-state index in [0.29, 0.717) is 0 Å². The Morgan fingerprint density at radius 3 is 2.85 bits per heavy atom. The van der Waals surface area contributed by atoms with E-state index >= 15 is 0 Å². The summed E-state index contributed by atoms with van der Waals surface area (Å²) in [6.45, 7) is 0. The summed E-state index contributed by atoms with van der Waals surface area (Å²) in [4.78, 5) is 0. The summed E-state index contributed by atoms with van der Waals surface area (Å²) in [7, 11) is 0. The quantitative estimate of drug-likeness (QED) is 0.624. The van der Waals surface area contributed by atoms with Gasteiger partial charge in [-0.3, -0.25) is 4.40 Å². The van der Waals surface area contributed by atoms with E-state index in [9.17, 15) is 13.2 Å². The molecule has 2 aromatic heterocycles. The molecule has 0 bridgehead atoms. The lowest BCUT2D eigenvalue weighted by Crippen LogP contribution is -2.05. The molecule has 67 valence electrons. The number of hydrogen-bond acceptors (Lipinski definition) is 2. The number of hydrogen-bond donors (Lipinski definition) is 0.